The Kier molecular flexibility index (Phi) is 5.90. The van der Waals surface area contributed by atoms with E-state index in [1.807, 2.05) is 53.6 Å². The van der Waals surface area contributed by atoms with Crippen molar-refractivity contribution in [3.8, 4) is 17.2 Å². The summed E-state index contributed by atoms with van der Waals surface area (Å²) >= 11 is 6.18. The van der Waals surface area contributed by atoms with Crippen molar-refractivity contribution in [2.75, 3.05) is 19.5 Å². The molecule has 1 aliphatic rings. The van der Waals surface area contributed by atoms with E-state index in [0.29, 0.717) is 28.8 Å². The standard InChI is InChI=1S/C27H24ClN3O3/c1-33-21-13-14-22(25(16-21)34-2)29-27(32)31-17-19-6-3-4-7-23(19)30-15-5-8-24(30)26(31)18-9-11-20(28)12-10-18/h3-16,26H,17H2,1-2H3,(H,29,32)/t26-/m0/s1. The van der Waals surface area contributed by atoms with Crippen molar-refractivity contribution in [2.24, 2.45) is 0 Å². The van der Waals surface area contributed by atoms with E-state index in [4.69, 9.17) is 21.1 Å². The molecule has 1 atom stereocenters. The summed E-state index contributed by atoms with van der Waals surface area (Å²) in [5, 5.41) is 3.69. The van der Waals surface area contributed by atoms with Crippen LogP contribution in [0.3, 0.4) is 0 Å². The van der Waals surface area contributed by atoms with Crippen molar-refractivity contribution < 1.29 is 14.3 Å². The molecule has 1 aromatic heterocycles. The summed E-state index contributed by atoms with van der Waals surface area (Å²) in [6.45, 7) is 0.426. The van der Waals surface area contributed by atoms with Gasteiger partial charge in [-0.15, -0.1) is 0 Å². The molecule has 6 nitrogen and oxygen atoms in total. The molecule has 0 radical (unpaired) electrons. The van der Waals surface area contributed by atoms with Crippen molar-refractivity contribution >= 4 is 23.3 Å². The molecule has 2 heterocycles. The van der Waals surface area contributed by atoms with Crippen molar-refractivity contribution in [3.05, 3.63) is 107 Å². The molecule has 1 aliphatic heterocycles. The van der Waals surface area contributed by atoms with Crippen molar-refractivity contribution in [2.45, 2.75) is 12.6 Å². The number of nitrogens with zero attached hydrogens (tertiary/aromatic N) is 2. The van der Waals surface area contributed by atoms with Gasteiger partial charge >= 0.3 is 6.03 Å². The maximum absolute atomic E-state index is 13.8. The highest BCUT2D eigenvalue weighted by molar-refractivity contribution is 6.30. The number of para-hydroxylation sites is 1. The van der Waals surface area contributed by atoms with Gasteiger partial charge in [0.05, 0.1) is 38.2 Å². The van der Waals surface area contributed by atoms with E-state index in [1.54, 1.807) is 32.4 Å². The molecule has 0 saturated carbocycles. The number of carbonyl (C=O) groups excluding carboxylic acids is 1. The van der Waals surface area contributed by atoms with Gasteiger partial charge in [-0.25, -0.2) is 4.79 Å². The van der Waals surface area contributed by atoms with Gasteiger partial charge in [0.1, 0.15) is 11.5 Å². The maximum Gasteiger partial charge on any atom is 0.323 e. The predicted molar refractivity (Wildman–Crippen MR) is 133 cm³/mol. The fourth-order valence-electron chi connectivity index (χ4n) is 4.42. The number of methoxy groups -OCH3 is 2. The van der Waals surface area contributed by atoms with Crippen LogP contribution in [0.5, 0.6) is 11.5 Å². The lowest BCUT2D eigenvalue weighted by Gasteiger charge is -2.31. The van der Waals surface area contributed by atoms with Crippen LogP contribution in [-0.4, -0.2) is 29.7 Å². The number of ether oxygens (including phenoxy) is 2. The molecular formula is C27H24ClN3O3. The fraction of sp³-hybridized carbons (Fsp3) is 0.148. The highest BCUT2D eigenvalue weighted by atomic mass is 35.5. The monoisotopic (exact) mass is 473 g/mol. The topological polar surface area (TPSA) is 55.7 Å². The van der Waals surface area contributed by atoms with Gasteiger partial charge in [0.2, 0.25) is 0 Å². The average molecular weight is 474 g/mol. The van der Waals surface area contributed by atoms with E-state index >= 15 is 0 Å². The van der Waals surface area contributed by atoms with E-state index < -0.39 is 0 Å². The first-order chi connectivity index (χ1) is 16.6. The fourth-order valence-corrected chi connectivity index (χ4v) is 4.55. The highest BCUT2D eigenvalue weighted by Gasteiger charge is 2.33. The molecular weight excluding hydrogens is 450 g/mol. The summed E-state index contributed by atoms with van der Waals surface area (Å²) in [4.78, 5) is 15.7. The lowest BCUT2D eigenvalue weighted by atomic mass is 10.0. The minimum atomic E-state index is -0.330. The largest absolute Gasteiger partial charge is 0.497 e. The first kappa shape index (κ1) is 21.9. The number of hydrogen-bond acceptors (Lipinski definition) is 3. The van der Waals surface area contributed by atoms with Crippen LogP contribution < -0.4 is 14.8 Å². The summed E-state index contributed by atoms with van der Waals surface area (Å²) in [6, 6.07) is 24.6. The Balaban J connectivity index is 1.60. The molecule has 2 amide bonds. The van der Waals surface area contributed by atoms with Crippen LogP contribution in [0, 0.1) is 0 Å². The summed E-state index contributed by atoms with van der Waals surface area (Å²) in [5.41, 5.74) is 4.63. The van der Waals surface area contributed by atoms with Crippen LogP contribution in [0.15, 0.2) is 85.1 Å². The Bertz CT molecular complexity index is 1330. The van der Waals surface area contributed by atoms with E-state index in [-0.39, 0.29) is 12.1 Å². The van der Waals surface area contributed by atoms with Gasteiger partial charge in [0, 0.05) is 23.0 Å². The molecule has 4 aromatic rings. The van der Waals surface area contributed by atoms with Crippen molar-refractivity contribution in [1.29, 1.82) is 0 Å². The Morgan fingerprint density at radius 2 is 1.76 bits per heavy atom. The number of nitrogens with one attached hydrogen (secondary N) is 1. The third kappa shape index (κ3) is 3.97. The number of urea groups is 1. The number of rotatable bonds is 4. The smallest absolute Gasteiger partial charge is 0.323 e. The first-order valence-corrected chi connectivity index (χ1v) is 11.3. The van der Waals surface area contributed by atoms with Crippen LogP contribution >= 0.6 is 11.6 Å². The molecule has 0 fully saturated rings. The SMILES string of the molecule is COc1ccc(NC(=O)N2Cc3ccccc3-n3cccc3[C@@H]2c2ccc(Cl)cc2)c(OC)c1. The van der Waals surface area contributed by atoms with Crippen molar-refractivity contribution in [3.63, 3.8) is 0 Å². The number of aromatic nitrogens is 1. The van der Waals surface area contributed by atoms with Gasteiger partial charge in [-0.1, -0.05) is 41.9 Å². The van der Waals surface area contributed by atoms with Crippen LogP contribution in [0.4, 0.5) is 10.5 Å². The summed E-state index contributed by atoms with van der Waals surface area (Å²) in [7, 11) is 3.16. The molecule has 0 saturated heterocycles. The van der Waals surface area contributed by atoms with E-state index in [2.05, 4.69) is 28.1 Å². The number of halogens is 1. The van der Waals surface area contributed by atoms with E-state index in [0.717, 1.165) is 22.5 Å². The van der Waals surface area contributed by atoms with E-state index in [9.17, 15) is 4.79 Å². The molecule has 34 heavy (non-hydrogen) atoms. The van der Waals surface area contributed by atoms with Gasteiger partial charge in [-0.3, -0.25) is 0 Å². The lowest BCUT2D eigenvalue weighted by Crippen LogP contribution is -2.38. The molecule has 0 aliphatic carbocycles. The molecule has 172 valence electrons. The lowest BCUT2D eigenvalue weighted by molar-refractivity contribution is 0.194. The second-order valence-corrected chi connectivity index (χ2v) is 8.45. The zero-order valence-corrected chi connectivity index (χ0v) is 19.6. The Morgan fingerprint density at radius 1 is 0.971 bits per heavy atom. The van der Waals surface area contributed by atoms with E-state index in [1.165, 1.54) is 0 Å². The molecule has 3 aromatic carbocycles. The zero-order chi connectivity index (χ0) is 23.7. The third-order valence-electron chi connectivity index (χ3n) is 6.06. The van der Waals surface area contributed by atoms with Gasteiger partial charge in [-0.2, -0.15) is 0 Å². The normalized spacial score (nSPS) is 14.6. The zero-order valence-electron chi connectivity index (χ0n) is 18.9. The van der Waals surface area contributed by atoms with Gasteiger partial charge < -0.3 is 24.3 Å². The molecule has 7 heteroatoms. The molecule has 0 spiro atoms. The maximum atomic E-state index is 13.8. The number of anilines is 1. The van der Waals surface area contributed by atoms with Crippen LogP contribution in [-0.2, 0) is 6.54 Å². The van der Waals surface area contributed by atoms with Crippen molar-refractivity contribution in [1.82, 2.24) is 9.47 Å². The second-order valence-electron chi connectivity index (χ2n) is 8.01. The number of fused-ring (bicyclic) bond motifs is 3. The Labute approximate surface area is 203 Å². The summed E-state index contributed by atoms with van der Waals surface area (Å²) < 4.78 is 12.9. The summed E-state index contributed by atoms with van der Waals surface area (Å²) in [5.74, 6) is 1.17. The Hall–Kier alpha value is -3.90. The second kappa shape index (κ2) is 9.15. The van der Waals surface area contributed by atoms with Crippen LogP contribution in [0.1, 0.15) is 22.9 Å². The highest BCUT2D eigenvalue weighted by Crippen LogP contribution is 2.38. The molecule has 5 rings (SSSR count). The number of benzene rings is 3. The number of carbonyl (C=O) groups is 1. The van der Waals surface area contributed by atoms with Gasteiger partial charge in [-0.05, 0) is 53.6 Å². The minimum absolute atomic E-state index is 0.243. The molecule has 0 unspecified atom stereocenters. The Morgan fingerprint density at radius 3 is 2.53 bits per heavy atom. The van der Waals surface area contributed by atoms with Crippen LogP contribution in [0.25, 0.3) is 5.69 Å². The number of hydrogen-bond donors (Lipinski definition) is 1. The minimum Gasteiger partial charge on any atom is -0.497 e. The summed E-state index contributed by atoms with van der Waals surface area (Å²) in [6.07, 6.45) is 2.03. The average Bonchev–Trinajstić information content (AvgIpc) is 3.29. The quantitative estimate of drug-likeness (QED) is 0.379. The van der Waals surface area contributed by atoms with Gasteiger partial charge in [0.25, 0.3) is 0 Å². The molecule has 0 bridgehead atoms. The van der Waals surface area contributed by atoms with Gasteiger partial charge in [0.15, 0.2) is 0 Å². The predicted octanol–water partition coefficient (Wildman–Crippen LogP) is 6.29. The third-order valence-corrected chi connectivity index (χ3v) is 6.31. The van der Waals surface area contributed by atoms with Crippen LogP contribution in [0.2, 0.25) is 5.02 Å². The number of amides is 2. The first-order valence-electron chi connectivity index (χ1n) is 10.9. The molecule has 1 N–H and O–H groups in total.